The summed E-state index contributed by atoms with van der Waals surface area (Å²) in [5.74, 6) is -0.536. The summed E-state index contributed by atoms with van der Waals surface area (Å²) < 4.78 is 12.1. The van der Waals surface area contributed by atoms with E-state index in [0.29, 0.717) is 13.2 Å². The number of allylic oxidation sites excluding steroid dienone is 1. The molecule has 132 valence electrons. The van der Waals surface area contributed by atoms with Gasteiger partial charge in [0.15, 0.2) is 5.79 Å². The molecule has 0 bridgehead atoms. The molecule has 0 saturated carbocycles. The molecule has 0 heterocycles. The lowest BCUT2D eigenvalue weighted by Crippen LogP contribution is -2.47. The van der Waals surface area contributed by atoms with Crippen LogP contribution in [0.3, 0.4) is 0 Å². The normalized spacial score (nSPS) is 15.4. The molecule has 0 rings (SSSR count). The van der Waals surface area contributed by atoms with Gasteiger partial charge in [0.05, 0.1) is 0 Å². The molecular weight excluding hydrogens is 272 g/mol. The predicted octanol–water partition coefficient (Wildman–Crippen LogP) is 6.50. The van der Waals surface area contributed by atoms with Crippen LogP contribution in [0.25, 0.3) is 0 Å². The van der Waals surface area contributed by atoms with Crippen LogP contribution in [-0.4, -0.2) is 19.0 Å². The second kappa shape index (κ2) is 12.1. The maximum atomic E-state index is 6.05. The summed E-state index contributed by atoms with van der Waals surface area (Å²) in [5.41, 5.74) is -0.0697. The Hall–Kier alpha value is -0.340. The maximum absolute atomic E-state index is 6.05. The van der Waals surface area contributed by atoms with Crippen LogP contribution in [-0.2, 0) is 9.47 Å². The van der Waals surface area contributed by atoms with Gasteiger partial charge in [-0.3, -0.25) is 0 Å². The Morgan fingerprint density at radius 2 is 1.32 bits per heavy atom. The lowest BCUT2D eigenvalue weighted by Gasteiger charge is -2.44. The van der Waals surface area contributed by atoms with Gasteiger partial charge in [0.25, 0.3) is 0 Å². The first-order valence-electron chi connectivity index (χ1n) is 9.45. The van der Waals surface area contributed by atoms with Gasteiger partial charge in [0.1, 0.15) is 0 Å². The van der Waals surface area contributed by atoms with E-state index in [1.807, 2.05) is 13.8 Å². The van der Waals surface area contributed by atoms with E-state index in [9.17, 15) is 0 Å². The first-order chi connectivity index (χ1) is 10.5. The van der Waals surface area contributed by atoms with E-state index in [1.165, 1.54) is 38.5 Å². The Kier molecular flexibility index (Phi) is 11.9. The fraction of sp³-hybridized carbons (Fsp3) is 0.900. The zero-order valence-electron chi connectivity index (χ0n) is 16.0. The molecule has 2 heteroatoms. The van der Waals surface area contributed by atoms with E-state index in [1.54, 1.807) is 0 Å². The molecule has 0 aliphatic rings. The lowest BCUT2D eigenvalue weighted by molar-refractivity contribution is -0.271. The predicted molar refractivity (Wildman–Crippen MR) is 97.2 cm³/mol. The average Bonchev–Trinajstić information content (AvgIpc) is 2.49. The third-order valence-electron chi connectivity index (χ3n) is 4.65. The molecule has 0 aromatic rings. The Bertz CT molecular complexity index is 279. The van der Waals surface area contributed by atoms with E-state index in [-0.39, 0.29) is 5.41 Å². The number of unbranched alkanes of at least 4 members (excludes halogenated alkanes) is 5. The molecule has 0 saturated heterocycles. The highest BCUT2D eigenvalue weighted by molar-refractivity contribution is 5.04. The Labute approximate surface area is 139 Å². The summed E-state index contributed by atoms with van der Waals surface area (Å²) in [7, 11) is 0. The molecule has 0 fully saturated rings. The van der Waals surface area contributed by atoms with Gasteiger partial charge in [-0.25, -0.2) is 0 Å². The van der Waals surface area contributed by atoms with Crippen LogP contribution in [0.15, 0.2) is 12.2 Å². The summed E-state index contributed by atoms with van der Waals surface area (Å²) >= 11 is 0. The smallest absolute Gasteiger partial charge is 0.174 e. The Balaban J connectivity index is 4.77. The number of hydrogen-bond donors (Lipinski definition) is 0. The van der Waals surface area contributed by atoms with E-state index in [2.05, 4.69) is 39.8 Å². The minimum atomic E-state index is -0.536. The van der Waals surface area contributed by atoms with Crippen LogP contribution in [0.1, 0.15) is 92.9 Å². The van der Waals surface area contributed by atoms with Gasteiger partial charge < -0.3 is 9.47 Å². The fourth-order valence-corrected chi connectivity index (χ4v) is 3.03. The van der Waals surface area contributed by atoms with Gasteiger partial charge in [-0.05, 0) is 33.6 Å². The zero-order chi connectivity index (χ0) is 16.9. The highest BCUT2D eigenvalue weighted by Crippen LogP contribution is 2.42. The Morgan fingerprint density at radius 3 is 1.82 bits per heavy atom. The molecule has 0 spiro atoms. The summed E-state index contributed by atoms with van der Waals surface area (Å²) in [4.78, 5) is 0. The van der Waals surface area contributed by atoms with Gasteiger partial charge in [0, 0.05) is 18.6 Å². The molecule has 22 heavy (non-hydrogen) atoms. The molecule has 0 aliphatic carbocycles. The van der Waals surface area contributed by atoms with Crippen molar-refractivity contribution in [2.45, 2.75) is 98.7 Å². The van der Waals surface area contributed by atoms with Crippen molar-refractivity contribution in [3.05, 3.63) is 12.2 Å². The second-order valence-electron chi connectivity index (χ2n) is 6.56. The van der Waals surface area contributed by atoms with Gasteiger partial charge in [0.2, 0.25) is 0 Å². The lowest BCUT2D eigenvalue weighted by atomic mass is 9.76. The first-order valence-corrected chi connectivity index (χ1v) is 9.45. The molecule has 0 aromatic carbocycles. The SMILES string of the molecule is CCC=CC(C)(CCCCCCCC)C(C)(OCC)OCC. The van der Waals surface area contributed by atoms with Crippen molar-refractivity contribution in [2.75, 3.05) is 13.2 Å². The molecule has 0 aliphatic heterocycles. The fourth-order valence-electron chi connectivity index (χ4n) is 3.03. The standard InChI is InChI=1S/C20H40O2/c1-7-11-13-14-15-16-18-19(5,17-12-8-2)20(6,21-9-3)22-10-4/h12,17H,7-11,13-16,18H2,1-6H3. The van der Waals surface area contributed by atoms with Crippen molar-refractivity contribution in [1.82, 2.24) is 0 Å². The van der Waals surface area contributed by atoms with Crippen LogP contribution in [0.5, 0.6) is 0 Å². The van der Waals surface area contributed by atoms with Crippen molar-refractivity contribution < 1.29 is 9.47 Å². The van der Waals surface area contributed by atoms with Crippen molar-refractivity contribution in [1.29, 1.82) is 0 Å². The van der Waals surface area contributed by atoms with Gasteiger partial charge in [-0.2, -0.15) is 0 Å². The molecule has 1 atom stereocenters. The highest BCUT2D eigenvalue weighted by atomic mass is 16.7. The average molecular weight is 313 g/mol. The van der Waals surface area contributed by atoms with Crippen molar-refractivity contribution in [3.63, 3.8) is 0 Å². The minimum Gasteiger partial charge on any atom is -0.350 e. The second-order valence-corrected chi connectivity index (χ2v) is 6.56. The van der Waals surface area contributed by atoms with Crippen LogP contribution < -0.4 is 0 Å². The van der Waals surface area contributed by atoms with E-state index < -0.39 is 5.79 Å². The Morgan fingerprint density at radius 1 is 0.773 bits per heavy atom. The zero-order valence-corrected chi connectivity index (χ0v) is 16.0. The van der Waals surface area contributed by atoms with Crippen LogP contribution in [0, 0.1) is 5.41 Å². The minimum absolute atomic E-state index is 0.0697. The number of rotatable bonds is 14. The summed E-state index contributed by atoms with van der Waals surface area (Å²) in [6, 6.07) is 0. The monoisotopic (exact) mass is 312 g/mol. The molecule has 0 aromatic heterocycles. The van der Waals surface area contributed by atoms with Crippen molar-refractivity contribution in [2.24, 2.45) is 5.41 Å². The van der Waals surface area contributed by atoms with Crippen molar-refractivity contribution >= 4 is 0 Å². The molecular formula is C20H40O2. The molecule has 0 amide bonds. The quantitative estimate of drug-likeness (QED) is 0.207. The van der Waals surface area contributed by atoms with Crippen LogP contribution >= 0.6 is 0 Å². The molecule has 0 radical (unpaired) electrons. The van der Waals surface area contributed by atoms with Gasteiger partial charge in [-0.1, -0.05) is 71.4 Å². The van der Waals surface area contributed by atoms with E-state index >= 15 is 0 Å². The van der Waals surface area contributed by atoms with Crippen LogP contribution in [0.4, 0.5) is 0 Å². The molecule has 2 nitrogen and oxygen atoms in total. The van der Waals surface area contributed by atoms with E-state index in [0.717, 1.165) is 12.8 Å². The highest BCUT2D eigenvalue weighted by Gasteiger charge is 2.44. The molecule has 0 N–H and O–H groups in total. The maximum Gasteiger partial charge on any atom is 0.174 e. The third kappa shape index (κ3) is 7.28. The van der Waals surface area contributed by atoms with Gasteiger partial charge >= 0.3 is 0 Å². The molecule has 1 unspecified atom stereocenters. The first kappa shape index (κ1) is 21.7. The summed E-state index contributed by atoms with van der Waals surface area (Å²) in [6.45, 7) is 14.3. The third-order valence-corrected chi connectivity index (χ3v) is 4.65. The topological polar surface area (TPSA) is 18.5 Å². The largest absolute Gasteiger partial charge is 0.350 e. The van der Waals surface area contributed by atoms with Crippen molar-refractivity contribution in [3.8, 4) is 0 Å². The number of hydrogen-bond acceptors (Lipinski definition) is 2. The van der Waals surface area contributed by atoms with Crippen LogP contribution in [0.2, 0.25) is 0 Å². The van der Waals surface area contributed by atoms with E-state index in [4.69, 9.17) is 9.47 Å². The van der Waals surface area contributed by atoms with Gasteiger partial charge in [-0.15, -0.1) is 0 Å². The summed E-state index contributed by atoms with van der Waals surface area (Å²) in [6.07, 6.45) is 14.7. The summed E-state index contributed by atoms with van der Waals surface area (Å²) in [5, 5.41) is 0. The number of ether oxygens (including phenoxy) is 2.